The minimum absolute atomic E-state index is 0.133. The highest BCUT2D eigenvalue weighted by Gasteiger charge is 2.26. The Kier molecular flexibility index (Phi) is 5.46. The number of ketones is 1. The molecule has 0 saturated heterocycles. The van der Waals surface area contributed by atoms with Crippen LogP contribution in [0.15, 0.2) is 24.3 Å². The number of primary amides is 1. The van der Waals surface area contributed by atoms with E-state index in [1.165, 1.54) is 6.92 Å². The number of carbonyl (C=O) groups excluding carboxylic acids is 3. The van der Waals surface area contributed by atoms with Gasteiger partial charge in [0.1, 0.15) is 0 Å². The van der Waals surface area contributed by atoms with Gasteiger partial charge in [-0.2, -0.15) is 5.10 Å². The maximum atomic E-state index is 12.7. The van der Waals surface area contributed by atoms with E-state index in [2.05, 4.69) is 20.3 Å². The van der Waals surface area contributed by atoms with Crippen molar-refractivity contribution in [3.8, 4) is 0 Å². The van der Waals surface area contributed by atoms with Crippen LogP contribution < -0.4 is 11.1 Å². The molecule has 0 aliphatic heterocycles. The minimum Gasteiger partial charge on any atom is -0.439 e. The number of H-pyrrole nitrogens is 1. The van der Waals surface area contributed by atoms with Crippen molar-refractivity contribution in [3.05, 3.63) is 46.1 Å². The van der Waals surface area contributed by atoms with Crippen LogP contribution in [0.25, 0.3) is 0 Å². The lowest BCUT2D eigenvalue weighted by Gasteiger charge is -2.13. The van der Waals surface area contributed by atoms with Crippen LogP contribution in [0.2, 0.25) is 5.02 Å². The molecule has 9 heteroatoms. The highest BCUT2D eigenvalue weighted by atomic mass is 35.5. The maximum Gasteiger partial charge on any atom is 0.405 e. The Labute approximate surface area is 160 Å². The van der Waals surface area contributed by atoms with Gasteiger partial charge in [0.2, 0.25) is 0 Å². The Morgan fingerprint density at radius 1 is 1.41 bits per heavy atom. The van der Waals surface area contributed by atoms with Gasteiger partial charge in [-0.25, -0.2) is 4.79 Å². The van der Waals surface area contributed by atoms with Crippen LogP contribution in [0.5, 0.6) is 0 Å². The van der Waals surface area contributed by atoms with Crippen LogP contribution in [0, 0.1) is 0 Å². The number of rotatable bonds is 7. The molecule has 8 nitrogen and oxygen atoms in total. The third kappa shape index (κ3) is 4.65. The average molecular weight is 391 g/mol. The number of halogens is 1. The summed E-state index contributed by atoms with van der Waals surface area (Å²) in [6, 6.07) is 6.62. The van der Waals surface area contributed by atoms with Crippen molar-refractivity contribution in [1.82, 2.24) is 10.2 Å². The molecule has 0 radical (unpaired) electrons. The van der Waals surface area contributed by atoms with E-state index in [9.17, 15) is 14.4 Å². The number of nitrogens with zero attached hydrogens (tertiary/aromatic N) is 1. The number of aromatic nitrogens is 2. The van der Waals surface area contributed by atoms with E-state index in [-0.39, 0.29) is 17.0 Å². The molecular formula is C18H19ClN4O4. The summed E-state index contributed by atoms with van der Waals surface area (Å²) >= 11 is 6.20. The van der Waals surface area contributed by atoms with Crippen LogP contribution in [0.1, 0.15) is 47.3 Å². The quantitative estimate of drug-likeness (QED) is 0.669. The summed E-state index contributed by atoms with van der Waals surface area (Å²) in [5.41, 5.74) is 6.51. The van der Waals surface area contributed by atoms with Gasteiger partial charge in [0.25, 0.3) is 5.91 Å². The molecular weight excluding hydrogens is 372 g/mol. The van der Waals surface area contributed by atoms with E-state index < -0.39 is 23.9 Å². The number of aromatic amines is 1. The summed E-state index contributed by atoms with van der Waals surface area (Å²) < 4.78 is 4.68. The van der Waals surface area contributed by atoms with Gasteiger partial charge in [-0.3, -0.25) is 14.7 Å². The molecule has 2 aromatic rings. The Morgan fingerprint density at radius 2 is 2.15 bits per heavy atom. The Bertz CT molecular complexity index is 891. The molecule has 0 unspecified atom stereocenters. The summed E-state index contributed by atoms with van der Waals surface area (Å²) in [5, 5.41) is 9.90. The topological polar surface area (TPSA) is 127 Å². The van der Waals surface area contributed by atoms with Gasteiger partial charge in [-0.15, -0.1) is 0 Å². The Morgan fingerprint density at radius 3 is 2.81 bits per heavy atom. The second-order valence-electron chi connectivity index (χ2n) is 6.43. The van der Waals surface area contributed by atoms with Crippen LogP contribution in [0.3, 0.4) is 0 Å². The molecule has 1 heterocycles. The fourth-order valence-electron chi connectivity index (χ4n) is 2.72. The summed E-state index contributed by atoms with van der Waals surface area (Å²) in [5.74, 6) is -0.00505. The van der Waals surface area contributed by atoms with Crippen molar-refractivity contribution in [1.29, 1.82) is 0 Å². The van der Waals surface area contributed by atoms with Gasteiger partial charge >= 0.3 is 6.09 Å². The molecule has 1 atom stereocenters. The van der Waals surface area contributed by atoms with Gasteiger partial charge in [-0.1, -0.05) is 23.7 Å². The maximum absolute atomic E-state index is 12.7. The number of anilines is 1. The van der Waals surface area contributed by atoms with Crippen molar-refractivity contribution in [2.45, 2.75) is 38.2 Å². The monoisotopic (exact) mass is 390 g/mol. The van der Waals surface area contributed by atoms with E-state index in [0.29, 0.717) is 17.3 Å². The number of carbonyl (C=O) groups is 3. The van der Waals surface area contributed by atoms with Gasteiger partial charge in [0.05, 0.1) is 10.6 Å². The summed E-state index contributed by atoms with van der Waals surface area (Å²) in [6.07, 6.45) is 0.0244. The summed E-state index contributed by atoms with van der Waals surface area (Å²) in [4.78, 5) is 35.8. The smallest absolute Gasteiger partial charge is 0.405 e. The first-order valence-electron chi connectivity index (χ1n) is 8.48. The number of ether oxygens (including phenoxy) is 1. The van der Waals surface area contributed by atoms with Crippen LogP contribution >= 0.6 is 11.6 Å². The number of Topliss-reactive ketones (excluding diaryl/α,β-unsaturated/α-hetero) is 1. The number of nitrogens with one attached hydrogen (secondary N) is 2. The van der Waals surface area contributed by atoms with Gasteiger partial charge in [0.15, 0.2) is 17.7 Å². The van der Waals surface area contributed by atoms with E-state index in [0.717, 1.165) is 18.5 Å². The third-order valence-corrected chi connectivity index (χ3v) is 4.61. The van der Waals surface area contributed by atoms with Crippen LogP contribution in [-0.2, 0) is 16.0 Å². The molecule has 1 saturated carbocycles. The zero-order valence-corrected chi connectivity index (χ0v) is 15.4. The number of hydrogen-bond acceptors (Lipinski definition) is 5. The molecule has 1 fully saturated rings. The van der Waals surface area contributed by atoms with Crippen molar-refractivity contribution >= 4 is 35.2 Å². The third-order valence-electron chi connectivity index (χ3n) is 4.29. The van der Waals surface area contributed by atoms with Crippen molar-refractivity contribution in [2.75, 3.05) is 5.32 Å². The Balaban J connectivity index is 1.76. The molecule has 1 aliphatic rings. The first-order valence-corrected chi connectivity index (χ1v) is 8.85. The molecule has 0 bridgehead atoms. The minimum atomic E-state index is -1.04. The molecule has 4 N–H and O–H groups in total. The number of amides is 2. The lowest BCUT2D eigenvalue weighted by molar-refractivity contribution is -0.125. The van der Waals surface area contributed by atoms with Gasteiger partial charge in [-0.05, 0) is 31.4 Å². The SMILES string of the molecule is C[C@H](OC(N)=O)C(=O)Cc1cccc(Cl)c1C(=O)Nc1cc(C2CC2)[nH]n1. The van der Waals surface area contributed by atoms with Crippen LogP contribution in [0.4, 0.5) is 10.6 Å². The number of benzene rings is 1. The van der Waals surface area contributed by atoms with E-state index in [1.54, 1.807) is 24.3 Å². The first-order chi connectivity index (χ1) is 12.8. The molecule has 0 spiro atoms. The normalized spacial score (nSPS) is 14.4. The molecule has 142 valence electrons. The van der Waals surface area contributed by atoms with Crippen molar-refractivity contribution < 1.29 is 19.1 Å². The van der Waals surface area contributed by atoms with Gasteiger partial charge in [0, 0.05) is 24.1 Å². The Hall–Kier alpha value is -2.87. The van der Waals surface area contributed by atoms with E-state index in [1.807, 2.05) is 0 Å². The molecule has 3 rings (SSSR count). The van der Waals surface area contributed by atoms with Crippen molar-refractivity contribution in [3.63, 3.8) is 0 Å². The predicted molar refractivity (Wildman–Crippen MR) is 98.8 cm³/mol. The first kappa shape index (κ1) is 18.9. The highest BCUT2D eigenvalue weighted by Crippen LogP contribution is 2.39. The molecule has 27 heavy (non-hydrogen) atoms. The van der Waals surface area contributed by atoms with Crippen molar-refractivity contribution in [2.24, 2.45) is 5.73 Å². The molecule has 2 amide bonds. The molecule has 1 aromatic heterocycles. The fraction of sp³-hybridized carbons (Fsp3) is 0.333. The zero-order valence-electron chi connectivity index (χ0n) is 14.6. The lowest BCUT2D eigenvalue weighted by Crippen LogP contribution is -2.29. The van der Waals surface area contributed by atoms with E-state index in [4.69, 9.17) is 17.3 Å². The highest BCUT2D eigenvalue weighted by molar-refractivity contribution is 6.34. The standard InChI is InChI=1S/C18H19ClN4O4/c1-9(27-18(20)26)14(24)7-11-3-2-4-12(19)16(11)17(25)21-15-8-13(22-23-15)10-5-6-10/h2-4,8-10H,5-7H2,1H3,(H2,20,26)(H2,21,22,23,25)/t9-/m0/s1. The second kappa shape index (κ2) is 7.79. The summed E-state index contributed by atoms with van der Waals surface area (Å²) in [7, 11) is 0. The van der Waals surface area contributed by atoms with Crippen LogP contribution in [-0.4, -0.2) is 34.1 Å². The summed E-state index contributed by atoms with van der Waals surface area (Å²) in [6.45, 7) is 1.42. The molecule has 1 aliphatic carbocycles. The fourth-order valence-corrected chi connectivity index (χ4v) is 3.00. The van der Waals surface area contributed by atoms with E-state index >= 15 is 0 Å². The zero-order chi connectivity index (χ0) is 19.6. The molecule has 1 aromatic carbocycles. The lowest BCUT2D eigenvalue weighted by atomic mass is 9.99. The number of nitrogens with two attached hydrogens (primary N) is 1. The number of hydrogen-bond donors (Lipinski definition) is 3. The largest absolute Gasteiger partial charge is 0.439 e. The predicted octanol–water partition coefficient (Wildman–Crippen LogP) is 2.79. The average Bonchev–Trinajstić information content (AvgIpc) is 3.34. The second-order valence-corrected chi connectivity index (χ2v) is 6.84. The van der Waals surface area contributed by atoms with Gasteiger partial charge < -0.3 is 15.8 Å².